The van der Waals surface area contributed by atoms with E-state index in [0.717, 1.165) is 51.9 Å². The van der Waals surface area contributed by atoms with Crippen LogP contribution in [0.15, 0.2) is 53.4 Å². The van der Waals surface area contributed by atoms with Crippen molar-refractivity contribution in [3.63, 3.8) is 0 Å². The zero-order chi connectivity index (χ0) is 21.4. The number of fused-ring (bicyclic) bond motifs is 1. The van der Waals surface area contributed by atoms with Crippen molar-refractivity contribution in [1.82, 2.24) is 14.1 Å². The minimum atomic E-state index is -3.45. The summed E-state index contributed by atoms with van der Waals surface area (Å²) in [6, 6.07) is 15.5. The molecule has 1 amide bonds. The van der Waals surface area contributed by atoms with E-state index in [1.165, 1.54) is 15.4 Å². The lowest BCUT2D eigenvalue weighted by molar-refractivity contribution is 0.0773. The molecule has 2 aromatic carbocycles. The molecule has 5 rings (SSSR count). The van der Waals surface area contributed by atoms with Crippen LogP contribution in [-0.4, -0.2) is 67.2 Å². The van der Waals surface area contributed by atoms with Crippen LogP contribution < -0.4 is 0 Å². The van der Waals surface area contributed by atoms with E-state index in [1.807, 2.05) is 4.90 Å². The maximum atomic E-state index is 13.0. The standard InChI is InChI=1S/C24H29N3O3S/c28-24(20-7-9-23(10-8-20)31(29,30)27-13-3-4-14-27)26-16-12-22(18-26)25-15-11-19-5-1-2-6-21(19)17-25/h1-2,5-10,22H,3-4,11-18H2. The van der Waals surface area contributed by atoms with Gasteiger partial charge in [0.05, 0.1) is 4.90 Å². The number of sulfonamides is 1. The molecule has 6 nitrogen and oxygen atoms in total. The predicted molar refractivity (Wildman–Crippen MR) is 119 cm³/mol. The van der Waals surface area contributed by atoms with Crippen LogP contribution in [0.25, 0.3) is 0 Å². The summed E-state index contributed by atoms with van der Waals surface area (Å²) in [5.41, 5.74) is 3.40. The number of carbonyl (C=O) groups is 1. The Morgan fingerprint density at radius 3 is 2.32 bits per heavy atom. The molecule has 0 spiro atoms. The van der Waals surface area contributed by atoms with Gasteiger partial charge in [-0.05, 0) is 61.1 Å². The Morgan fingerprint density at radius 2 is 1.58 bits per heavy atom. The third-order valence-electron chi connectivity index (χ3n) is 6.93. The second-order valence-corrected chi connectivity index (χ2v) is 10.8. The second kappa shape index (κ2) is 8.37. The van der Waals surface area contributed by atoms with E-state index in [9.17, 15) is 13.2 Å². The number of carbonyl (C=O) groups excluding carboxylic acids is 1. The number of nitrogens with zero attached hydrogens (tertiary/aromatic N) is 3. The molecule has 0 saturated carbocycles. The molecule has 0 aromatic heterocycles. The van der Waals surface area contributed by atoms with Gasteiger partial charge in [0.15, 0.2) is 0 Å². The molecular weight excluding hydrogens is 410 g/mol. The van der Waals surface area contributed by atoms with Crippen molar-refractivity contribution < 1.29 is 13.2 Å². The van der Waals surface area contributed by atoms with Crippen molar-refractivity contribution in [3.05, 3.63) is 65.2 Å². The SMILES string of the molecule is O=C(c1ccc(S(=O)(=O)N2CCCC2)cc1)N1CCC(N2CCc3ccccc3C2)C1. The summed E-state index contributed by atoms with van der Waals surface area (Å²) < 4.78 is 26.9. The van der Waals surface area contributed by atoms with Gasteiger partial charge in [-0.2, -0.15) is 4.31 Å². The number of amides is 1. The number of rotatable bonds is 4. The molecule has 3 aliphatic rings. The van der Waals surface area contributed by atoms with Crippen LogP contribution >= 0.6 is 0 Å². The van der Waals surface area contributed by atoms with Gasteiger partial charge in [0, 0.05) is 50.9 Å². The summed E-state index contributed by atoms with van der Waals surface area (Å²) in [5, 5.41) is 0. The number of benzene rings is 2. The maximum Gasteiger partial charge on any atom is 0.253 e. The monoisotopic (exact) mass is 439 g/mol. The minimum absolute atomic E-state index is 0.00923. The summed E-state index contributed by atoms with van der Waals surface area (Å²) in [6.45, 7) is 4.63. The van der Waals surface area contributed by atoms with Crippen LogP contribution in [0.1, 0.15) is 40.7 Å². The Hall–Kier alpha value is -2.22. The molecule has 2 saturated heterocycles. The molecule has 2 aromatic rings. The zero-order valence-corrected chi connectivity index (χ0v) is 18.6. The molecule has 164 valence electrons. The highest BCUT2D eigenvalue weighted by molar-refractivity contribution is 7.89. The first-order chi connectivity index (χ1) is 15.0. The largest absolute Gasteiger partial charge is 0.337 e. The highest BCUT2D eigenvalue weighted by atomic mass is 32.2. The molecule has 0 bridgehead atoms. The van der Waals surface area contributed by atoms with Gasteiger partial charge in [0.1, 0.15) is 0 Å². The molecule has 0 radical (unpaired) electrons. The lowest BCUT2D eigenvalue weighted by Crippen LogP contribution is -2.41. The van der Waals surface area contributed by atoms with Crippen molar-refractivity contribution in [2.45, 2.75) is 43.2 Å². The summed E-state index contributed by atoms with van der Waals surface area (Å²) in [7, 11) is -3.45. The normalized spacial score (nSPS) is 22.6. The van der Waals surface area contributed by atoms with Gasteiger partial charge in [-0.25, -0.2) is 8.42 Å². The Labute approximate surface area is 184 Å². The molecule has 3 heterocycles. The predicted octanol–water partition coefficient (Wildman–Crippen LogP) is 2.74. The van der Waals surface area contributed by atoms with Crippen molar-refractivity contribution in [1.29, 1.82) is 0 Å². The van der Waals surface area contributed by atoms with Crippen LogP contribution in [-0.2, 0) is 23.0 Å². The first-order valence-corrected chi connectivity index (χ1v) is 12.7. The van der Waals surface area contributed by atoms with Crippen LogP contribution in [0, 0.1) is 0 Å². The third kappa shape index (κ3) is 4.02. The summed E-state index contributed by atoms with van der Waals surface area (Å²) in [6.07, 6.45) is 3.87. The Kier molecular flexibility index (Phi) is 5.58. The highest BCUT2D eigenvalue weighted by Gasteiger charge is 2.33. The van der Waals surface area contributed by atoms with Crippen LogP contribution in [0.2, 0.25) is 0 Å². The summed E-state index contributed by atoms with van der Waals surface area (Å²) in [4.78, 5) is 17.7. The molecule has 0 N–H and O–H groups in total. The average Bonchev–Trinajstić information content (AvgIpc) is 3.51. The number of hydrogen-bond donors (Lipinski definition) is 0. The zero-order valence-electron chi connectivity index (χ0n) is 17.7. The quantitative estimate of drug-likeness (QED) is 0.735. The Morgan fingerprint density at radius 1 is 0.871 bits per heavy atom. The van der Waals surface area contributed by atoms with Crippen molar-refractivity contribution in [3.8, 4) is 0 Å². The van der Waals surface area contributed by atoms with Gasteiger partial charge < -0.3 is 4.90 Å². The second-order valence-electron chi connectivity index (χ2n) is 8.82. The molecule has 3 aliphatic heterocycles. The van der Waals surface area contributed by atoms with Crippen molar-refractivity contribution >= 4 is 15.9 Å². The van der Waals surface area contributed by atoms with Gasteiger partial charge in [-0.15, -0.1) is 0 Å². The molecular formula is C24H29N3O3S. The summed E-state index contributed by atoms with van der Waals surface area (Å²) >= 11 is 0. The Balaban J connectivity index is 1.23. The molecule has 7 heteroatoms. The number of likely N-dealkylation sites (tertiary alicyclic amines) is 1. The fourth-order valence-electron chi connectivity index (χ4n) is 5.08. The first-order valence-electron chi connectivity index (χ1n) is 11.2. The van der Waals surface area contributed by atoms with Crippen molar-refractivity contribution in [2.75, 3.05) is 32.7 Å². The van der Waals surface area contributed by atoms with E-state index < -0.39 is 10.0 Å². The van der Waals surface area contributed by atoms with Crippen LogP contribution in [0.3, 0.4) is 0 Å². The number of hydrogen-bond acceptors (Lipinski definition) is 4. The van der Waals surface area contributed by atoms with Gasteiger partial charge in [-0.1, -0.05) is 24.3 Å². The van der Waals surface area contributed by atoms with Gasteiger partial charge in [0.2, 0.25) is 10.0 Å². The van der Waals surface area contributed by atoms with Crippen molar-refractivity contribution in [2.24, 2.45) is 0 Å². The van der Waals surface area contributed by atoms with E-state index in [4.69, 9.17) is 0 Å². The van der Waals surface area contributed by atoms with E-state index in [-0.39, 0.29) is 10.8 Å². The molecule has 0 aliphatic carbocycles. The smallest absolute Gasteiger partial charge is 0.253 e. The van der Waals surface area contributed by atoms with Gasteiger partial charge in [0.25, 0.3) is 5.91 Å². The van der Waals surface area contributed by atoms with Gasteiger partial charge >= 0.3 is 0 Å². The maximum absolute atomic E-state index is 13.0. The lowest BCUT2D eigenvalue weighted by Gasteiger charge is -2.33. The van der Waals surface area contributed by atoms with E-state index in [0.29, 0.717) is 24.7 Å². The lowest BCUT2D eigenvalue weighted by atomic mass is 9.98. The van der Waals surface area contributed by atoms with E-state index in [2.05, 4.69) is 29.2 Å². The fourth-order valence-corrected chi connectivity index (χ4v) is 6.60. The van der Waals surface area contributed by atoms with E-state index >= 15 is 0 Å². The van der Waals surface area contributed by atoms with Gasteiger partial charge in [-0.3, -0.25) is 9.69 Å². The molecule has 1 atom stereocenters. The summed E-state index contributed by atoms with van der Waals surface area (Å²) in [5.74, 6) is -0.00923. The van der Waals surface area contributed by atoms with E-state index in [1.54, 1.807) is 24.3 Å². The first kappa shape index (κ1) is 20.7. The molecule has 31 heavy (non-hydrogen) atoms. The average molecular weight is 440 g/mol. The van der Waals surface area contributed by atoms with Crippen LogP contribution in [0.5, 0.6) is 0 Å². The Bertz CT molecular complexity index is 1060. The van der Waals surface area contributed by atoms with Crippen LogP contribution in [0.4, 0.5) is 0 Å². The molecule has 1 unspecified atom stereocenters. The fraction of sp³-hybridized carbons (Fsp3) is 0.458. The topological polar surface area (TPSA) is 60.9 Å². The highest BCUT2D eigenvalue weighted by Crippen LogP contribution is 2.26. The molecule has 2 fully saturated rings. The minimum Gasteiger partial charge on any atom is -0.337 e. The third-order valence-corrected chi connectivity index (χ3v) is 8.84.